The lowest BCUT2D eigenvalue weighted by Crippen LogP contribution is -2.44. The third-order valence-electron chi connectivity index (χ3n) is 3.20. The molecule has 2 N–H and O–H groups in total. The summed E-state index contributed by atoms with van der Waals surface area (Å²) in [4.78, 5) is 12.1. The van der Waals surface area contributed by atoms with E-state index in [0.29, 0.717) is 12.0 Å². The van der Waals surface area contributed by atoms with Crippen molar-refractivity contribution in [1.82, 2.24) is 5.32 Å². The molecule has 19 heavy (non-hydrogen) atoms. The summed E-state index contributed by atoms with van der Waals surface area (Å²) in [6.45, 7) is 10.3. The zero-order valence-corrected chi connectivity index (χ0v) is 12.6. The van der Waals surface area contributed by atoms with Crippen LogP contribution in [0.25, 0.3) is 0 Å². The molecule has 1 amide bonds. The van der Waals surface area contributed by atoms with Crippen LogP contribution in [0.15, 0.2) is 24.3 Å². The molecular formula is C16H25NO2. The highest BCUT2D eigenvalue weighted by Gasteiger charge is 2.21. The summed E-state index contributed by atoms with van der Waals surface area (Å²) < 4.78 is 0. The van der Waals surface area contributed by atoms with Gasteiger partial charge in [-0.1, -0.05) is 32.9 Å². The van der Waals surface area contributed by atoms with E-state index in [-0.39, 0.29) is 17.9 Å². The summed E-state index contributed by atoms with van der Waals surface area (Å²) in [6, 6.07) is 7.69. The first-order chi connectivity index (χ1) is 8.65. The molecule has 0 spiro atoms. The van der Waals surface area contributed by atoms with Crippen LogP contribution in [0.1, 0.15) is 57.0 Å². The quantitative estimate of drug-likeness (QED) is 0.877. The summed E-state index contributed by atoms with van der Waals surface area (Å²) in [5, 5.41) is 11.9. The Bertz CT molecular complexity index is 427. The van der Waals surface area contributed by atoms with Crippen LogP contribution in [0, 0.1) is 0 Å². The number of hydrogen-bond donors (Lipinski definition) is 2. The summed E-state index contributed by atoms with van der Waals surface area (Å²) in [6.07, 6.45) is 0.540. The first kappa shape index (κ1) is 15.7. The van der Waals surface area contributed by atoms with Crippen LogP contribution in [0.5, 0.6) is 0 Å². The van der Waals surface area contributed by atoms with Crippen molar-refractivity contribution in [3.05, 3.63) is 35.4 Å². The van der Waals surface area contributed by atoms with E-state index >= 15 is 0 Å². The van der Waals surface area contributed by atoms with Crippen molar-refractivity contribution in [2.24, 2.45) is 0 Å². The molecule has 0 aliphatic heterocycles. The van der Waals surface area contributed by atoms with Gasteiger partial charge in [0.05, 0.1) is 0 Å². The molecule has 1 aromatic carbocycles. The van der Waals surface area contributed by atoms with Crippen molar-refractivity contribution in [3.8, 4) is 0 Å². The van der Waals surface area contributed by atoms with Gasteiger partial charge in [-0.25, -0.2) is 0 Å². The van der Waals surface area contributed by atoms with Gasteiger partial charge in [0.2, 0.25) is 0 Å². The van der Waals surface area contributed by atoms with Crippen LogP contribution in [0.3, 0.4) is 0 Å². The second-order valence-corrected chi connectivity index (χ2v) is 6.64. The molecule has 0 radical (unpaired) electrons. The molecule has 3 nitrogen and oxygen atoms in total. The molecule has 0 saturated carbocycles. The molecule has 0 unspecified atom stereocenters. The fourth-order valence-electron chi connectivity index (χ4n) is 1.84. The molecule has 0 fully saturated rings. The van der Waals surface area contributed by atoms with Crippen LogP contribution < -0.4 is 5.32 Å². The van der Waals surface area contributed by atoms with Crippen molar-refractivity contribution in [2.75, 3.05) is 6.61 Å². The lowest BCUT2D eigenvalue weighted by molar-refractivity contribution is 0.0899. The topological polar surface area (TPSA) is 49.3 Å². The van der Waals surface area contributed by atoms with E-state index in [9.17, 15) is 4.79 Å². The number of hydrogen-bond acceptors (Lipinski definition) is 2. The summed E-state index contributed by atoms with van der Waals surface area (Å²) in [7, 11) is 0. The highest BCUT2D eigenvalue weighted by Crippen LogP contribution is 2.22. The molecule has 0 aliphatic rings. The number of carbonyl (C=O) groups is 1. The highest BCUT2D eigenvalue weighted by molar-refractivity contribution is 5.94. The van der Waals surface area contributed by atoms with Crippen molar-refractivity contribution in [1.29, 1.82) is 0 Å². The Labute approximate surface area is 116 Å². The minimum Gasteiger partial charge on any atom is -0.396 e. The lowest BCUT2D eigenvalue weighted by atomic mass is 9.86. The van der Waals surface area contributed by atoms with E-state index < -0.39 is 5.54 Å². The standard InChI is InChI=1S/C16H25NO2/c1-15(2,3)13-8-6-12(7-9-13)14(19)17-16(4,5)10-11-18/h6-9,18H,10-11H2,1-5H3,(H,17,19). The maximum absolute atomic E-state index is 12.1. The van der Waals surface area contributed by atoms with E-state index in [1.54, 1.807) is 0 Å². The zero-order chi connectivity index (χ0) is 14.7. The Morgan fingerprint density at radius 3 is 2.05 bits per heavy atom. The summed E-state index contributed by atoms with van der Waals surface area (Å²) in [5.74, 6) is -0.0982. The Hall–Kier alpha value is -1.35. The Morgan fingerprint density at radius 1 is 1.11 bits per heavy atom. The van der Waals surface area contributed by atoms with E-state index in [0.717, 1.165) is 0 Å². The smallest absolute Gasteiger partial charge is 0.251 e. The van der Waals surface area contributed by atoms with E-state index in [2.05, 4.69) is 26.1 Å². The SMILES string of the molecule is CC(C)(CCO)NC(=O)c1ccc(C(C)(C)C)cc1. The maximum atomic E-state index is 12.1. The van der Waals surface area contributed by atoms with Gasteiger partial charge in [0.25, 0.3) is 5.91 Å². The lowest BCUT2D eigenvalue weighted by Gasteiger charge is -2.25. The second kappa shape index (κ2) is 5.74. The number of aliphatic hydroxyl groups is 1. The van der Waals surface area contributed by atoms with Crippen molar-refractivity contribution in [2.45, 2.75) is 52.0 Å². The third-order valence-corrected chi connectivity index (χ3v) is 3.20. The van der Waals surface area contributed by atoms with Crippen molar-refractivity contribution in [3.63, 3.8) is 0 Å². The summed E-state index contributed by atoms with van der Waals surface area (Å²) >= 11 is 0. The number of carbonyl (C=O) groups excluding carboxylic acids is 1. The van der Waals surface area contributed by atoms with E-state index in [4.69, 9.17) is 5.11 Å². The van der Waals surface area contributed by atoms with Gasteiger partial charge in [0, 0.05) is 17.7 Å². The average Bonchev–Trinajstić information content (AvgIpc) is 2.27. The minimum atomic E-state index is -0.394. The van der Waals surface area contributed by atoms with Crippen LogP contribution >= 0.6 is 0 Å². The molecule has 0 heterocycles. The number of nitrogens with one attached hydrogen (secondary N) is 1. The number of aliphatic hydroxyl groups excluding tert-OH is 1. The van der Waals surface area contributed by atoms with Crippen LogP contribution in [-0.2, 0) is 5.41 Å². The molecule has 0 bridgehead atoms. The fraction of sp³-hybridized carbons (Fsp3) is 0.562. The first-order valence-corrected chi connectivity index (χ1v) is 6.70. The molecule has 0 aromatic heterocycles. The van der Waals surface area contributed by atoms with Gasteiger partial charge in [-0.05, 0) is 43.4 Å². The molecular weight excluding hydrogens is 238 g/mol. The predicted octanol–water partition coefficient (Wildman–Crippen LogP) is 2.87. The van der Waals surface area contributed by atoms with Crippen LogP contribution in [-0.4, -0.2) is 23.2 Å². The van der Waals surface area contributed by atoms with Crippen molar-refractivity contribution >= 4 is 5.91 Å². The van der Waals surface area contributed by atoms with Gasteiger partial charge in [0.15, 0.2) is 0 Å². The van der Waals surface area contributed by atoms with Gasteiger partial charge < -0.3 is 10.4 Å². The monoisotopic (exact) mass is 263 g/mol. The molecule has 3 heteroatoms. The molecule has 0 aliphatic carbocycles. The highest BCUT2D eigenvalue weighted by atomic mass is 16.3. The van der Waals surface area contributed by atoms with Crippen molar-refractivity contribution < 1.29 is 9.90 Å². The molecule has 1 rings (SSSR count). The van der Waals surface area contributed by atoms with Crippen LogP contribution in [0.4, 0.5) is 0 Å². The molecule has 0 saturated heterocycles. The van der Waals surface area contributed by atoms with Gasteiger partial charge in [0.1, 0.15) is 0 Å². The van der Waals surface area contributed by atoms with Crippen LogP contribution in [0.2, 0.25) is 0 Å². The third kappa shape index (κ3) is 4.67. The van der Waals surface area contributed by atoms with Gasteiger partial charge in [-0.3, -0.25) is 4.79 Å². The maximum Gasteiger partial charge on any atom is 0.251 e. The Balaban J connectivity index is 2.79. The Kier molecular flexibility index (Phi) is 4.75. The zero-order valence-electron chi connectivity index (χ0n) is 12.6. The van der Waals surface area contributed by atoms with E-state index in [1.807, 2.05) is 38.1 Å². The normalized spacial score (nSPS) is 12.3. The summed E-state index contributed by atoms with van der Waals surface area (Å²) in [5.41, 5.74) is 1.55. The molecule has 106 valence electrons. The number of rotatable bonds is 4. The van der Waals surface area contributed by atoms with Gasteiger partial charge >= 0.3 is 0 Å². The molecule has 0 atom stereocenters. The number of benzene rings is 1. The minimum absolute atomic E-state index is 0.0657. The number of amides is 1. The predicted molar refractivity (Wildman–Crippen MR) is 78.4 cm³/mol. The average molecular weight is 263 g/mol. The first-order valence-electron chi connectivity index (χ1n) is 6.70. The Morgan fingerprint density at radius 2 is 1.63 bits per heavy atom. The molecule has 1 aromatic rings. The van der Waals surface area contributed by atoms with Gasteiger partial charge in [-0.2, -0.15) is 0 Å². The van der Waals surface area contributed by atoms with Gasteiger partial charge in [-0.15, -0.1) is 0 Å². The second-order valence-electron chi connectivity index (χ2n) is 6.64. The largest absolute Gasteiger partial charge is 0.396 e. The fourth-order valence-corrected chi connectivity index (χ4v) is 1.84. The van der Waals surface area contributed by atoms with E-state index in [1.165, 1.54) is 5.56 Å².